The van der Waals surface area contributed by atoms with Crippen LogP contribution in [0, 0.1) is 0 Å². The van der Waals surface area contributed by atoms with Crippen LogP contribution < -0.4 is 21.5 Å². The maximum Gasteiger partial charge on any atom is 0.259 e. The van der Waals surface area contributed by atoms with E-state index in [4.69, 9.17) is 0 Å². The summed E-state index contributed by atoms with van der Waals surface area (Å²) in [6.07, 6.45) is 4.08. The lowest BCUT2D eigenvalue weighted by atomic mass is 10.4. The zero-order valence-corrected chi connectivity index (χ0v) is 8.03. The van der Waals surface area contributed by atoms with Gasteiger partial charge < -0.3 is 22.1 Å². The lowest BCUT2D eigenvalue weighted by Gasteiger charge is -1.99. The molecule has 1 heterocycles. The standard InChI is InChI=1S/C8H12NO.BrH/c1-2-8(10)9-6-4-3-5-7-9;/h3-8,10H,2H2,1H3;1H/q+1;/p-1. The molecule has 1 unspecified atom stereocenters. The number of aliphatic hydroxyl groups is 1. The minimum Gasteiger partial charge on any atom is -1.00 e. The van der Waals surface area contributed by atoms with Gasteiger partial charge in [0.05, 0.1) is 0 Å². The van der Waals surface area contributed by atoms with Gasteiger partial charge in [0, 0.05) is 18.6 Å². The highest BCUT2D eigenvalue weighted by atomic mass is 79.9. The van der Waals surface area contributed by atoms with E-state index in [1.165, 1.54) is 0 Å². The number of aromatic nitrogens is 1. The van der Waals surface area contributed by atoms with E-state index in [2.05, 4.69) is 0 Å². The molecule has 3 heteroatoms. The van der Waals surface area contributed by atoms with Gasteiger partial charge in [-0.3, -0.25) is 0 Å². The van der Waals surface area contributed by atoms with Gasteiger partial charge in [-0.05, 0) is 0 Å². The Morgan fingerprint density at radius 3 is 2.27 bits per heavy atom. The number of halogens is 1. The lowest BCUT2D eigenvalue weighted by Crippen LogP contribution is -3.00. The second kappa shape index (κ2) is 5.27. The van der Waals surface area contributed by atoms with E-state index < -0.39 is 0 Å². The highest BCUT2D eigenvalue weighted by molar-refractivity contribution is 4.83. The number of hydrogen-bond donors (Lipinski definition) is 1. The second-order valence-electron chi connectivity index (χ2n) is 2.21. The van der Waals surface area contributed by atoms with Crippen molar-refractivity contribution in [2.24, 2.45) is 0 Å². The van der Waals surface area contributed by atoms with Gasteiger partial charge >= 0.3 is 0 Å². The van der Waals surface area contributed by atoms with Crippen molar-refractivity contribution in [2.75, 3.05) is 0 Å². The van der Waals surface area contributed by atoms with Gasteiger partial charge in [-0.2, -0.15) is 4.57 Å². The molecule has 11 heavy (non-hydrogen) atoms. The van der Waals surface area contributed by atoms with Crippen LogP contribution in [0.3, 0.4) is 0 Å². The first-order valence-corrected chi connectivity index (χ1v) is 3.48. The van der Waals surface area contributed by atoms with Crippen molar-refractivity contribution in [3.8, 4) is 0 Å². The maximum atomic E-state index is 9.29. The van der Waals surface area contributed by atoms with Crippen molar-refractivity contribution in [3.05, 3.63) is 30.6 Å². The molecular weight excluding hydrogens is 206 g/mol. The Hall–Kier alpha value is -0.410. The molecule has 0 aromatic carbocycles. The molecule has 1 atom stereocenters. The molecule has 1 aromatic rings. The summed E-state index contributed by atoms with van der Waals surface area (Å²) in [6.45, 7) is 1.95. The van der Waals surface area contributed by atoms with E-state index in [0.717, 1.165) is 6.42 Å². The van der Waals surface area contributed by atoms with E-state index in [1.54, 1.807) is 4.57 Å². The average molecular weight is 218 g/mol. The van der Waals surface area contributed by atoms with Crippen LogP contribution in [-0.4, -0.2) is 5.11 Å². The summed E-state index contributed by atoms with van der Waals surface area (Å²) in [6, 6.07) is 5.73. The first-order chi connectivity index (χ1) is 4.84. The van der Waals surface area contributed by atoms with Crippen LogP contribution in [-0.2, 0) is 0 Å². The Bertz CT molecular complexity index is 191. The molecule has 0 fully saturated rings. The number of pyridine rings is 1. The summed E-state index contributed by atoms with van der Waals surface area (Å²) in [4.78, 5) is 0. The van der Waals surface area contributed by atoms with E-state index in [9.17, 15) is 5.11 Å². The van der Waals surface area contributed by atoms with Gasteiger partial charge in [-0.25, -0.2) is 0 Å². The predicted octanol–water partition coefficient (Wildman–Crippen LogP) is -2.12. The van der Waals surface area contributed by atoms with Gasteiger partial charge in [0.25, 0.3) is 6.23 Å². The Morgan fingerprint density at radius 2 is 1.82 bits per heavy atom. The largest absolute Gasteiger partial charge is 1.00 e. The van der Waals surface area contributed by atoms with Gasteiger partial charge in [0.15, 0.2) is 12.4 Å². The molecule has 0 aliphatic carbocycles. The summed E-state index contributed by atoms with van der Waals surface area (Å²) < 4.78 is 1.78. The van der Waals surface area contributed by atoms with Crippen LogP contribution in [0.4, 0.5) is 0 Å². The molecule has 1 rings (SSSR count). The molecule has 0 saturated heterocycles. The van der Waals surface area contributed by atoms with Crippen LogP contribution in [0.1, 0.15) is 19.6 Å². The third-order valence-corrected chi connectivity index (χ3v) is 1.45. The molecule has 0 spiro atoms. The summed E-state index contributed by atoms with van der Waals surface area (Å²) in [7, 11) is 0. The lowest BCUT2D eigenvalue weighted by molar-refractivity contribution is -0.760. The fourth-order valence-corrected chi connectivity index (χ4v) is 0.821. The first kappa shape index (κ1) is 10.6. The van der Waals surface area contributed by atoms with Crippen molar-refractivity contribution >= 4 is 0 Å². The van der Waals surface area contributed by atoms with Crippen LogP contribution in [0.25, 0.3) is 0 Å². The van der Waals surface area contributed by atoms with E-state index in [1.807, 2.05) is 37.5 Å². The summed E-state index contributed by atoms with van der Waals surface area (Å²) in [5, 5.41) is 9.29. The molecule has 2 nitrogen and oxygen atoms in total. The summed E-state index contributed by atoms with van der Waals surface area (Å²) in [5.41, 5.74) is 0. The van der Waals surface area contributed by atoms with Crippen LogP contribution in [0.2, 0.25) is 0 Å². The third kappa shape index (κ3) is 2.99. The molecule has 0 radical (unpaired) electrons. The first-order valence-electron chi connectivity index (χ1n) is 3.48. The fourth-order valence-electron chi connectivity index (χ4n) is 0.821. The quantitative estimate of drug-likeness (QED) is 0.564. The Kier molecular flexibility index (Phi) is 5.07. The van der Waals surface area contributed by atoms with Gasteiger partial charge in [-0.1, -0.05) is 13.0 Å². The fraction of sp³-hybridized carbons (Fsp3) is 0.375. The average Bonchev–Trinajstić information content (AvgIpc) is 2.05. The van der Waals surface area contributed by atoms with Crippen molar-refractivity contribution in [3.63, 3.8) is 0 Å². The predicted molar refractivity (Wildman–Crippen MR) is 38.2 cm³/mol. The molecule has 1 aromatic heterocycles. The molecule has 0 saturated carbocycles. The Morgan fingerprint density at radius 1 is 1.27 bits per heavy atom. The van der Waals surface area contributed by atoms with Crippen LogP contribution in [0.5, 0.6) is 0 Å². The van der Waals surface area contributed by atoms with E-state index >= 15 is 0 Å². The third-order valence-electron chi connectivity index (χ3n) is 1.45. The van der Waals surface area contributed by atoms with E-state index in [0.29, 0.717) is 0 Å². The number of aliphatic hydroxyl groups excluding tert-OH is 1. The number of nitrogens with zero attached hydrogens (tertiary/aromatic N) is 1. The molecule has 62 valence electrons. The molecule has 0 bridgehead atoms. The zero-order chi connectivity index (χ0) is 7.40. The van der Waals surface area contributed by atoms with Crippen molar-refractivity contribution in [1.29, 1.82) is 0 Å². The normalized spacial score (nSPS) is 11.8. The number of rotatable bonds is 2. The second-order valence-corrected chi connectivity index (χ2v) is 2.21. The van der Waals surface area contributed by atoms with Crippen molar-refractivity contribution < 1.29 is 26.7 Å². The molecule has 0 aliphatic rings. The van der Waals surface area contributed by atoms with E-state index in [-0.39, 0.29) is 23.2 Å². The van der Waals surface area contributed by atoms with Gasteiger partial charge in [0.1, 0.15) is 0 Å². The number of hydrogen-bond acceptors (Lipinski definition) is 1. The molecule has 0 amide bonds. The smallest absolute Gasteiger partial charge is 0.259 e. The minimum absolute atomic E-state index is 0. The summed E-state index contributed by atoms with van der Waals surface area (Å²) >= 11 is 0. The Labute approximate surface area is 77.3 Å². The van der Waals surface area contributed by atoms with Crippen LogP contribution >= 0.6 is 0 Å². The molecule has 0 aliphatic heterocycles. The molecular formula is C8H12BrNO. The highest BCUT2D eigenvalue weighted by Gasteiger charge is 2.08. The van der Waals surface area contributed by atoms with Crippen LogP contribution in [0.15, 0.2) is 30.6 Å². The highest BCUT2D eigenvalue weighted by Crippen LogP contribution is 1.93. The zero-order valence-electron chi connectivity index (χ0n) is 6.44. The van der Waals surface area contributed by atoms with Crippen molar-refractivity contribution in [1.82, 2.24) is 0 Å². The molecule has 1 N–H and O–H groups in total. The van der Waals surface area contributed by atoms with Gasteiger partial charge in [0.2, 0.25) is 0 Å². The SMILES string of the molecule is CCC(O)[n+]1ccccc1.[Br-]. The topological polar surface area (TPSA) is 24.1 Å². The summed E-state index contributed by atoms with van der Waals surface area (Å²) in [5.74, 6) is 0. The Balaban J connectivity index is 0.000001000. The van der Waals surface area contributed by atoms with Crippen molar-refractivity contribution in [2.45, 2.75) is 19.6 Å². The minimum atomic E-state index is -0.374. The monoisotopic (exact) mass is 217 g/mol. The maximum absolute atomic E-state index is 9.29. The van der Waals surface area contributed by atoms with Gasteiger partial charge in [-0.15, -0.1) is 0 Å².